The number of hydrogen-bond donors (Lipinski definition) is 1. The maximum absolute atomic E-state index is 12.2. The zero-order chi connectivity index (χ0) is 13.0. The molecule has 92 valence electrons. The number of hydrogen-bond acceptors (Lipinski definition) is 3. The minimum Gasteiger partial charge on any atom is -0.366 e. The van der Waals surface area contributed by atoms with Crippen LogP contribution in [0.4, 0.5) is 0 Å². The molecule has 2 rings (SSSR count). The number of carbonyl (C=O) groups excluding carboxylic acids is 1. The number of nitrogens with zero attached hydrogens (tertiary/aromatic N) is 1. The highest BCUT2D eigenvalue weighted by atomic mass is 32.2. The van der Waals surface area contributed by atoms with Crippen molar-refractivity contribution in [2.75, 3.05) is 0 Å². The average Bonchev–Trinajstić information content (AvgIpc) is 2.40. The molecule has 0 saturated heterocycles. The predicted molar refractivity (Wildman–Crippen MR) is 69.3 cm³/mol. The van der Waals surface area contributed by atoms with E-state index in [0.29, 0.717) is 10.5 Å². The van der Waals surface area contributed by atoms with Gasteiger partial charge in [0, 0.05) is 6.20 Å². The van der Waals surface area contributed by atoms with Gasteiger partial charge in [-0.3, -0.25) is 14.0 Å². The zero-order valence-electron chi connectivity index (χ0n) is 9.58. The second kappa shape index (κ2) is 5.55. The predicted octanol–water partition coefficient (Wildman–Crippen LogP) is 1.49. The van der Waals surface area contributed by atoms with Crippen molar-refractivity contribution >= 4 is 16.7 Å². The highest BCUT2D eigenvalue weighted by Gasteiger charge is 2.13. The Morgan fingerprint density at radius 1 is 1.17 bits per heavy atom. The molecule has 1 amide bonds. The zero-order valence-corrected chi connectivity index (χ0v) is 10.4. The van der Waals surface area contributed by atoms with Crippen molar-refractivity contribution in [3.63, 3.8) is 0 Å². The van der Waals surface area contributed by atoms with Crippen molar-refractivity contribution in [1.29, 1.82) is 0 Å². The van der Waals surface area contributed by atoms with E-state index < -0.39 is 16.7 Å². The Bertz CT molecular complexity index is 585. The van der Waals surface area contributed by atoms with Gasteiger partial charge < -0.3 is 5.73 Å². The fourth-order valence-electron chi connectivity index (χ4n) is 1.56. The molecule has 1 aromatic carbocycles. The highest BCUT2D eigenvalue weighted by Crippen LogP contribution is 2.15. The van der Waals surface area contributed by atoms with Gasteiger partial charge in [-0.1, -0.05) is 18.2 Å². The number of rotatable bonds is 4. The van der Waals surface area contributed by atoms with E-state index in [9.17, 15) is 9.00 Å². The fourth-order valence-corrected chi connectivity index (χ4v) is 2.80. The summed E-state index contributed by atoms with van der Waals surface area (Å²) < 4.78 is 12.2. The van der Waals surface area contributed by atoms with Crippen molar-refractivity contribution in [2.45, 2.75) is 10.6 Å². The van der Waals surface area contributed by atoms with Gasteiger partial charge in [0.05, 0.1) is 32.7 Å². The molecule has 2 N–H and O–H groups in total. The van der Waals surface area contributed by atoms with E-state index in [2.05, 4.69) is 4.98 Å². The number of carbonyl (C=O) groups is 1. The highest BCUT2D eigenvalue weighted by molar-refractivity contribution is 7.84. The molecule has 0 bridgehead atoms. The summed E-state index contributed by atoms with van der Waals surface area (Å²) in [6.07, 6.45) is 1.65. The lowest BCUT2D eigenvalue weighted by Crippen LogP contribution is -2.14. The Morgan fingerprint density at radius 2 is 1.89 bits per heavy atom. The summed E-state index contributed by atoms with van der Waals surface area (Å²) >= 11 is 0. The monoisotopic (exact) mass is 260 g/mol. The summed E-state index contributed by atoms with van der Waals surface area (Å²) in [6.45, 7) is 0. The van der Waals surface area contributed by atoms with Crippen LogP contribution in [0.3, 0.4) is 0 Å². The van der Waals surface area contributed by atoms with Crippen LogP contribution in [0.5, 0.6) is 0 Å². The van der Waals surface area contributed by atoms with Gasteiger partial charge in [0.15, 0.2) is 0 Å². The second-order valence-electron chi connectivity index (χ2n) is 3.67. The van der Waals surface area contributed by atoms with E-state index in [1.165, 1.54) is 0 Å². The van der Waals surface area contributed by atoms with E-state index in [1.807, 2.05) is 6.07 Å². The fraction of sp³-hybridized carbons (Fsp3) is 0.0769. The molecular formula is C13H12N2O2S. The minimum absolute atomic E-state index is 0.269. The molecular weight excluding hydrogens is 248 g/mol. The standard InChI is InChI=1S/C13H12N2O2S/c14-13(16)11-6-1-2-7-12(11)18(17)9-10-5-3-4-8-15-10/h1-8H,9H2,(H2,14,16). The summed E-state index contributed by atoms with van der Waals surface area (Å²) in [6, 6.07) is 12.1. The first-order chi connectivity index (χ1) is 8.68. The van der Waals surface area contributed by atoms with Crippen LogP contribution in [0.1, 0.15) is 16.1 Å². The summed E-state index contributed by atoms with van der Waals surface area (Å²) in [5, 5.41) is 0. The number of aromatic nitrogens is 1. The second-order valence-corrected chi connectivity index (χ2v) is 5.09. The molecule has 18 heavy (non-hydrogen) atoms. The van der Waals surface area contributed by atoms with Crippen molar-refractivity contribution in [3.8, 4) is 0 Å². The largest absolute Gasteiger partial charge is 0.366 e. The molecule has 4 nitrogen and oxygen atoms in total. The maximum atomic E-state index is 12.2. The third-order valence-corrected chi connectivity index (χ3v) is 3.81. The van der Waals surface area contributed by atoms with Crippen LogP contribution < -0.4 is 5.73 Å². The summed E-state index contributed by atoms with van der Waals surface area (Å²) in [5.74, 6) is -0.300. The lowest BCUT2D eigenvalue weighted by atomic mass is 10.2. The topological polar surface area (TPSA) is 73.1 Å². The third kappa shape index (κ3) is 2.81. The lowest BCUT2D eigenvalue weighted by Gasteiger charge is -2.06. The Hall–Kier alpha value is -2.01. The van der Waals surface area contributed by atoms with Gasteiger partial charge in [-0.15, -0.1) is 0 Å². The van der Waals surface area contributed by atoms with Crippen molar-refractivity contribution in [1.82, 2.24) is 4.98 Å². The maximum Gasteiger partial charge on any atom is 0.249 e. The van der Waals surface area contributed by atoms with Crippen LogP contribution in [0, 0.1) is 0 Å². The van der Waals surface area contributed by atoms with Crippen LogP contribution in [0.15, 0.2) is 53.6 Å². The molecule has 0 aliphatic carbocycles. The molecule has 2 aromatic rings. The quantitative estimate of drug-likeness (QED) is 0.905. The Morgan fingerprint density at radius 3 is 2.56 bits per heavy atom. The van der Waals surface area contributed by atoms with E-state index in [0.717, 1.165) is 5.69 Å². The summed E-state index contributed by atoms with van der Waals surface area (Å²) in [4.78, 5) is 15.8. The molecule has 1 aromatic heterocycles. The number of nitrogens with two attached hydrogens (primary N) is 1. The molecule has 0 aliphatic rings. The minimum atomic E-state index is -1.33. The number of amides is 1. The Labute approximate surface area is 107 Å². The van der Waals surface area contributed by atoms with Crippen LogP contribution in [-0.2, 0) is 16.6 Å². The SMILES string of the molecule is NC(=O)c1ccccc1S(=O)Cc1ccccn1. The van der Waals surface area contributed by atoms with Crippen molar-refractivity contribution in [2.24, 2.45) is 5.73 Å². The third-order valence-electron chi connectivity index (χ3n) is 2.40. The molecule has 5 heteroatoms. The molecule has 1 heterocycles. The van der Waals surface area contributed by atoms with Crippen molar-refractivity contribution in [3.05, 3.63) is 59.9 Å². The first kappa shape index (κ1) is 12.4. The molecule has 1 unspecified atom stereocenters. The lowest BCUT2D eigenvalue weighted by molar-refractivity contribution is 0.0997. The molecule has 1 atom stereocenters. The summed E-state index contributed by atoms with van der Waals surface area (Å²) in [5.41, 5.74) is 6.27. The van der Waals surface area contributed by atoms with Gasteiger partial charge >= 0.3 is 0 Å². The van der Waals surface area contributed by atoms with Gasteiger partial charge in [0.25, 0.3) is 0 Å². The van der Waals surface area contributed by atoms with Gasteiger partial charge in [-0.2, -0.15) is 0 Å². The molecule has 0 aliphatic heterocycles. The normalized spacial score (nSPS) is 12.0. The Balaban J connectivity index is 2.27. The number of benzene rings is 1. The van der Waals surface area contributed by atoms with E-state index in [4.69, 9.17) is 5.73 Å². The number of pyridine rings is 1. The van der Waals surface area contributed by atoms with E-state index >= 15 is 0 Å². The molecule has 0 radical (unpaired) electrons. The van der Waals surface area contributed by atoms with Gasteiger partial charge in [-0.25, -0.2) is 0 Å². The average molecular weight is 260 g/mol. The van der Waals surface area contributed by atoms with Crippen LogP contribution >= 0.6 is 0 Å². The van der Waals surface area contributed by atoms with Gasteiger partial charge in [0.1, 0.15) is 0 Å². The van der Waals surface area contributed by atoms with Crippen LogP contribution in [0.2, 0.25) is 0 Å². The molecule has 0 fully saturated rings. The smallest absolute Gasteiger partial charge is 0.249 e. The van der Waals surface area contributed by atoms with Crippen LogP contribution in [0.25, 0.3) is 0 Å². The first-order valence-corrected chi connectivity index (χ1v) is 6.67. The van der Waals surface area contributed by atoms with Crippen molar-refractivity contribution < 1.29 is 9.00 Å². The molecule has 0 spiro atoms. The van der Waals surface area contributed by atoms with E-state index in [-0.39, 0.29) is 5.75 Å². The van der Waals surface area contributed by atoms with E-state index in [1.54, 1.807) is 42.6 Å². The van der Waals surface area contributed by atoms with Gasteiger partial charge in [-0.05, 0) is 24.3 Å². The van der Waals surface area contributed by atoms with Crippen LogP contribution in [-0.4, -0.2) is 15.1 Å². The summed E-state index contributed by atoms with van der Waals surface area (Å²) in [7, 11) is -1.33. The Kier molecular flexibility index (Phi) is 3.84. The van der Waals surface area contributed by atoms with Gasteiger partial charge in [0.2, 0.25) is 5.91 Å². The molecule has 0 saturated carbocycles. The number of primary amides is 1. The first-order valence-electron chi connectivity index (χ1n) is 5.35.